The molecule has 0 aliphatic heterocycles. The summed E-state index contributed by atoms with van der Waals surface area (Å²) in [7, 11) is 0. The molecule has 0 aromatic carbocycles. The summed E-state index contributed by atoms with van der Waals surface area (Å²) >= 11 is 0. The third kappa shape index (κ3) is 16.1. The molecular formula is C24H38O4. The molecule has 0 aromatic heterocycles. The number of carboxylic acid groups (broad SMARTS) is 1. The SMILES string of the molecule is CC(C)=CCC/C(C)=C/CCC(=O)OC(/C=C(\C)CCC=C(C)C)CC(=O)O. The van der Waals surface area contributed by atoms with Crippen molar-refractivity contribution in [2.75, 3.05) is 0 Å². The lowest BCUT2D eigenvalue weighted by Crippen LogP contribution is -2.20. The van der Waals surface area contributed by atoms with Crippen molar-refractivity contribution in [2.45, 2.75) is 92.6 Å². The monoisotopic (exact) mass is 390 g/mol. The molecule has 0 saturated heterocycles. The predicted molar refractivity (Wildman–Crippen MR) is 116 cm³/mol. The van der Waals surface area contributed by atoms with Gasteiger partial charge in [0.05, 0.1) is 6.42 Å². The van der Waals surface area contributed by atoms with Crippen LogP contribution in [0.25, 0.3) is 0 Å². The molecule has 158 valence electrons. The highest BCUT2D eigenvalue weighted by Gasteiger charge is 2.16. The van der Waals surface area contributed by atoms with Crippen molar-refractivity contribution in [2.24, 2.45) is 0 Å². The van der Waals surface area contributed by atoms with Crippen LogP contribution in [-0.2, 0) is 14.3 Å². The zero-order valence-corrected chi connectivity index (χ0v) is 18.5. The summed E-state index contributed by atoms with van der Waals surface area (Å²) in [5.41, 5.74) is 4.85. The summed E-state index contributed by atoms with van der Waals surface area (Å²) in [6.45, 7) is 12.3. The molecule has 0 aliphatic rings. The fourth-order valence-electron chi connectivity index (χ4n) is 2.65. The first-order valence-corrected chi connectivity index (χ1v) is 10.1. The molecule has 0 aromatic rings. The maximum absolute atomic E-state index is 12.1. The molecular weight excluding hydrogens is 352 g/mol. The van der Waals surface area contributed by atoms with Gasteiger partial charge < -0.3 is 9.84 Å². The summed E-state index contributed by atoms with van der Waals surface area (Å²) in [5, 5.41) is 9.08. The van der Waals surface area contributed by atoms with Gasteiger partial charge in [0.25, 0.3) is 0 Å². The van der Waals surface area contributed by atoms with Gasteiger partial charge >= 0.3 is 11.9 Å². The maximum atomic E-state index is 12.1. The first-order valence-electron chi connectivity index (χ1n) is 10.1. The Labute approximate surface area is 171 Å². The average Bonchev–Trinajstić information content (AvgIpc) is 2.53. The largest absolute Gasteiger partial charge is 0.481 e. The molecule has 0 aliphatic carbocycles. The standard InChI is InChI=1S/C24H38O4/c1-18(2)10-7-12-20(5)13-9-15-24(27)28-22(17-23(25)26)16-21(6)14-8-11-19(3)4/h10-11,13,16,22H,7-9,12,14-15,17H2,1-6H3,(H,25,26)/b20-13+,21-16+. The smallest absolute Gasteiger partial charge is 0.307 e. The second-order valence-electron chi connectivity index (χ2n) is 7.87. The van der Waals surface area contributed by atoms with Crippen molar-refractivity contribution in [3.05, 3.63) is 46.6 Å². The number of carboxylic acids is 1. The highest BCUT2D eigenvalue weighted by molar-refractivity contribution is 5.72. The quantitative estimate of drug-likeness (QED) is 0.286. The van der Waals surface area contributed by atoms with Gasteiger partial charge in [0.2, 0.25) is 0 Å². The fraction of sp³-hybridized carbons (Fsp3) is 0.583. The Morgan fingerprint density at radius 2 is 1.29 bits per heavy atom. The average molecular weight is 391 g/mol. The lowest BCUT2D eigenvalue weighted by Gasteiger charge is -2.14. The number of hydrogen-bond acceptors (Lipinski definition) is 3. The summed E-state index contributed by atoms with van der Waals surface area (Å²) in [4.78, 5) is 23.2. The molecule has 0 heterocycles. The van der Waals surface area contributed by atoms with Gasteiger partial charge in [0, 0.05) is 6.42 Å². The number of ether oxygens (including phenoxy) is 1. The Morgan fingerprint density at radius 3 is 1.79 bits per heavy atom. The molecule has 0 bridgehead atoms. The minimum Gasteiger partial charge on any atom is -0.481 e. The van der Waals surface area contributed by atoms with Gasteiger partial charge in [-0.2, -0.15) is 0 Å². The van der Waals surface area contributed by atoms with Crippen LogP contribution in [0.5, 0.6) is 0 Å². The van der Waals surface area contributed by atoms with Gasteiger partial charge in [-0.15, -0.1) is 0 Å². The Morgan fingerprint density at radius 1 is 0.786 bits per heavy atom. The van der Waals surface area contributed by atoms with E-state index in [-0.39, 0.29) is 18.8 Å². The molecule has 1 N–H and O–H groups in total. The molecule has 4 heteroatoms. The van der Waals surface area contributed by atoms with E-state index >= 15 is 0 Å². The van der Waals surface area contributed by atoms with Crippen molar-refractivity contribution < 1.29 is 19.4 Å². The summed E-state index contributed by atoms with van der Waals surface area (Å²) in [6, 6.07) is 0. The zero-order chi connectivity index (χ0) is 21.5. The van der Waals surface area contributed by atoms with Crippen LogP contribution in [-0.4, -0.2) is 23.1 Å². The predicted octanol–water partition coefficient (Wildman–Crippen LogP) is 6.54. The first-order chi connectivity index (χ1) is 13.1. The summed E-state index contributed by atoms with van der Waals surface area (Å²) in [6.07, 6.45) is 11.9. The van der Waals surface area contributed by atoms with E-state index in [2.05, 4.69) is 39.0 Å². The van der Waals surface area contributed by atoms with E-state index < -0.39 is 12.1 Å². The Kier molecular flexibility index (Phi) is 13.8. The highest BCUT2D eigenvalue weighted by Crippen LogP contribution is 2.13. The van der Waals surface area contributed by atoms with Gasteiger partial charge in [-0.05, 0) is 79.7 Å². The molecule has 1 atom stereocenters. The van der Waals surface area contributed by atoms with Crippen molar-refractivity contribution >= 4 is 11.9 Å². The van der Waals surface area contributed by atoms with Crippen LogP contribution in [0.3, 0.4) is 0 Å². The number of carbonyl (C=O) groups excluding carboxylic acids is 1. The van der Waals surface area contributed by atoms with E-state index in [0.29, 0.717) is 6.42 Å². The number of allylic oxidation sites excluding steroid dienone is 7. The van der Waals surface area contributed by atoms with Gasteiger partial charge in [0.15, 0.2) is 0 Å². The molecule has 28 heavy (non-hydrogen) atoms. The van der Waals surface area contributed by atoms with Crippen LogP contribution in [0.1, 0.15) is 86.5 Å². The van der Waals surface area contributed by atoms with Crippen LogP contribution in [0.2, 0.25) is 0 Å². The number of carbonyl (C=O) groups is 2. The number of rotatable bonds is 13. The van der Waals surface area contributed by atoms with Gasteiger partial charge in [0.1, 0.15) is 6.10 Å². The van der Waals surface area contributed by atoms with E-state index in [1.807, 2.05) is 20.8 Å². The number of hydrogen-bond donors (Lipinski definition) is 1. The third-order valence-electron chi connectivity index (χ3n) is 4.15. The summed E-state index contributed by atoms with van der Waals surface area (Å²) in [5.74, 6) is -1.32. The minimum absolute atomic E-state index is 0.205. The lowest BCUT2D eigenvalue weighted by atomic mass is 10.1. The van der Waals surface area contributed by atoms with E-state index in [0.717, 1.165) is 31.3 Å². The Bertz CT molecular complexity index is 613. The van der Waals surface area contributed by atoms with E-state index in [1.54, 1.807) is 6.08 Å². The molecule has 0 radical (unpaired) electrons. The van der Waals surface area contributed by atoms with Crippen molar-refractivity contribution in [1.29, 1.82) is 0 Å². The minimum atomic E-state index is -0.971. The van der Waals surface area contributed by atoms with Gasteiger partial charge in [-0.1, -0.05) is 40.5 Å². The molecule has 0 spiro atoms. The molecule has 1 unspecified atom stereocenters. The van der Waals surface area contributed by atoms with Crippen LogP contribution in [0.4, 0.5) is 0 Å². The molecule has 0 saturated carbocycles. The van der Waals surface area contributed by atoms with E-state index in [1.165, 1.54) is 16.7 Å². The van der Waals surface area contributed by atoms with E-state index in [9.17, 15) is 9.59 Å². The topological polar surface area (TPSA) is 63.6 Å². The first kappa shape index (κ1) is 25.9. The summed E-state index contributed by atoms with van der Waals surface area (Å²) < 4.78 is 5.40. The molecule has 0 fully saturated rings. The molecule has 0 rings (SSSR count). The van der Waals surface area contributed by atoms with Crippen molar-refractivity contribution in [1.82, 2.24) is 0 Å². The second-order valence-corrected chi connectivity index (χ2v) is 7.87. The van der Waals surface area contributed by atoms with E-state index in [4.69, 9.17) is 9.84 Å². The number of esters is 1. The highest BCUT2D eigenvalue weighted by atomic mass is 16.5. The van der Waals surface area contributed by atoms with Crippen LogP contribution < -0.4 is 0 Å². The number of aliphatic carboxylic acids is 1. The Hall–Kier alpha value is -2.10. The Balaban J connectivity index is 4.58. The second kappa shape index (κ2) is 14.9. The fourth-order valence-corrected chi connectivity index (χ4v) is 2.65. The maximum Gasteiger partial charge on any atom is 0.307 e. The zero-order valence-electron chi connectivity index (χ0n) is 18.5. The van der Waals surface area contributed by atoms with Gasteiger partial charge in [-0.3, -0.25) is 9.59 Å². The lowest BCUT2D eigenvalue weighted by molar-refractivity contribution is -0.150. The molecule has 4 nitrogen and oxygen atoms in total. The van der Waals surface area contributed by atoms with Crippen LogP contribution in [0, 0.1) is 0 Å². The van der Waals surface area contributed by atoms with Gasteiger partial charge in [-0.25, -0.2) is 0 Å². The van der Waals surface area contributed by atoms with Crippen molar-refractivity contribution in [3.8, 4) is 0 Å². The van der Waals surface area contributed by atoms with Crippen LogP contribution in [0.15, 0.2) is 46.6 Å². The normalized spacial score (nSPS) is 12.9. The van der Waals surface area contributed by atoms with Crippen molar-refractivity contribution in [3.63, 3.8) is 0 Å². The third-order valence-corrected chi connectivity index (χ3v) is 4.15. The van der Waals surface area contributed by atoms with Crippen LogP contribution >= 0.6 is 0 Å². The molecule has 0 amide bonds.